The van der Waals surface area contributed by atoms with Crippen LogP contribution < -0.4 is 4.90 Å². The van der Waals surface area contributed by atoms with Crippen LogP contribution in [-0.4, -0.2) is 39.0 Å². The summed E-state index contributed by atoms with van der Waals surface area (Å²) in [5, 5.41) is 4.29. The van der Waals surface area contributed by atoms with Gasteiger partial charge in [-0.15, -0.1) is 0 Å². The van der Waals surface area contributed by atoms with Gasteiger partial charge in [0, 0.05) is 26.7 Å². The molecule has 3 heterocycles. The van der Waals surface area contributed by atoms with Crippen molar-refractivity contribution in [3.8, 4) is 0 Å². The SMILES string of the molecule is Cn1ncc2ncnc(N(Cc3cccc(F)c3)CC3CCCO3)c21. The number of aryl methyl sites for hydroxylation is 1. The molecule has 2 aromatic heterocycles. The van der Waals surface area contributed by atoms with E-state index in [0.717, 1.165) is 41.9 Å². The zero-order valence-corrected chi connectivity index (χ0v) is 14.1. The van der Waals surface area contributed by atoms with Crippen molar-refractivity contribution < 1.29 is 9.13 Å². The first-order valence-electron chi connectivity index (χ1n) is 8.44. The molecule has 6 nitrogen and oxygen atoms in total. The third-order valence-corrected chi connectivity index (χ3v) is 4.52. The molecule has 1 saturated heterocycles. The van der Waals surface area contributed by atoms with Crippen molar-refractivity contribution in [2.24, 2.45) is 7.05 Å². The van der Waals surface area contributed by atoms with Gasteiger partial charge in [-0.1, -0.05) is 12.1 Å². The molecule has 1 aliphatic heterocycles. The number of aromatic nitrogens is 4. The van der Waals surface area contributed by atoms with Crippen molar-refractivity contribution in [3.63, 3.8) is 0 Å². The molecule has 4 rings (SSSR count). The van der Waals surface area contributed by atoms with Crippen molar-refractivity contribution in [3.05, 3.63) is 48.2 Å². The van der Waals surface area contributed by atoms with Gasteiger partial charge in [0.25, 0.3) is 0 Å². The van der Waals surface area contributed by atoms with Crippen molar-refractivity contribution in [1.82, 2.24) is 19.7 Å². The number of fused-ring (bicyclic) bond motifs is 1. The molecule has 0 bridgehead atoms. The average Bonchev–Trinajstić information content (AvgIpc) is 3.24. The van der Waals surface area contributed by atoms with E-state index in [0.29, 0.717) is 13.1 Å². The molecule has 1 aliphatic rings. The molecule has 1 fully saturated rings. The number of anilines is 1. The van der Waals surface area contributed by atoms with Gasteiger partial charge in [0.1, 0.15) is 23.2 Å². The lowest BCUT2D eigenvalue weighted by Crippen LogP contribution is -2.33. The summed E-state index contributed by atoms with van der Waals surface area (Å²) in [6.45, 7) is 2.05. The summed E-state index contributed by atoms with van der Waals surface area (Å²) in [7, 11) is 1.88. The quantitative estimate of drug-likeness (QED) is 0.714. The number of hydrogen-bond acceptors (Lipinski definition) is 5. The van der Waals surface area contributed by atoms with Gasteiger partial charge in [0.05, 0.1) is 12.3 Å². The van der Waals surface area contributed by atoms with Crippen LogP contribution >= 0.6 is 0 Å². The van der Waals surface area contributed by atoms with E-state index in [2.05, 4.69) is 20.0 Å². The topological polar surface area (TPSA) is 56.1 Å². The van der Waals surface area contributed by atoms with Crippen molar-refractivity contribution >= 4 is 16.9 Å². The zero-order valence-electron chi connectivity index (χ0n) is 14.1. The summed E-state index contributed by atoms with van der Waals surface area (Å²) in [5.74, 6) is 0.563. The summed E-state index contributed by atoms with van der Waals surface area (Å²) >= 11 is 0. The Bertz CT molecular complexity index is 875. The van der Waals surface area contributed by atoms with Gasteiger partial charge >= 0.3 is 0 Å². The normalized spacial score (nSPS) is 17.3. The average molecular weight is 341 g/mol. The highest BCUT2D eigenvalue weighted by Gasteiger charge is 2.23. The minimum atomic E-state index is -0.233. The number of ether oxygens (including phenoxy) is 1. The molecule has 1 unspecified atom stereocenters. The summed E-state index contributed by atoms with van der Waals surface area (Å²) in [6, 6.07) is 6.67. The fourth-order valence-electron chi connectivity index (χ4n) is 3.33. The van der Waals surface area contributed by atoms with E-state index in [1.165, 1.54) is 6.07 Å². The zero-order chi connectivity index (χ0) is 17.2. The van der Waals surface area contributed by atoms with Gasteiger partial charge in [-0.2, -0.15) is 5.10 Å². The number of benzene rings is 1. The Morgan fingerprint density at radius 1 is 1.36 bits per heavy atom. The molecule has 0 spiro atoms. The molecule has 7 heteroatoms. The van der Waals surface area contributed by atoms with Crippen LogP contribution in [0.25, 0.3) is 11.0 Å². The van der Waals surface area contributed by atoms with E-state index in [9.17, 15) is 4.39 Å². The van der Waals surface area contributed by atoms with E-state index in [-0.39, 0.29) is 11.9 Å². The second kappa shape index (κ2) is 6.76. The number of hydrogen-bond donors (Lipinski definition) is 0. The van der Waals surface area contributed by atoms with Gasteiger partial charge in [-0.05, 0) is 30.5 Å². The van der Waals surface area contributed by atoms with Gasteiger partial charge < -0.3 is 9.64 Å². The summed E-state index contributed by atoms with van der Waals surface area (Å²) in [4.78, 5) is 10.9. The molecule has 0 saturated carbocycles. The highest BCUT2D eigenvalue weighted by Crippen LogP contribution is 2.26. The summed E-state index contributed by atoms with van der Waals surface area (Å²) in [6.07, 6.45) is 5.54. The van der Waals surface area contributed by atoms with Crippen molar-refractivity contribution in [1.29, 1.82) is 0 Å². The predicted octanol–water partition coefficient (Wildman–Crippen LogP) is 2.69. The van der Waals surface area contributed by atoms with Crippen LogP contribution in [-0.2, 0) is 18.3 Å². The van der Waals surface area contributed by atoms with Crippen LogP contribution in [0.2, 0.25) is 0 Å². The lowest BCUT2D eigenvalue weighted by molar-refractivity contribution is 0.115. The maximum atomic E-state index is 13.6. The molecule has 1 aromatic carbocycles. The number of rotatable bonds is 5. The van der Waals surface area contributed by atoms with Crippen molar-refractivity contribution in [2.45, 2.75) is 25.5 Å². The summed E-state index contributed by atoms with van der Waals surface area (Å²) in [5.41, 5.74) is 2.56. The molecule has 0 aliphatic carbocycles. The predicted molar refractivity (Wildman–Crippen MR) is 92.7 cm³/mol. The standard InChI is InChI=1S/C18H20FN5O/c1-23-17-16(9-22-23)20-12-21-18(17)24(11-15-6-3-7-25-15)10-13-4-2-5-14(19)8-13/h2,4-5,8-9,12,15H,3,6-7,10-11H2,1H3. The van der Waals surface area contributed by atoms with Crippen LogP contribution in [0, 0.1) is 5.82 Å². The van der Waals surface area contributed by atoms with Crippen LogP contribution in [0.15, 0.2) is 36.8 Å². The monoisotopic (exact) mass is 341 g/mol. The number of nitrogens with zero attached hydrogens (tertiary/aromatic N) is 5. The third-order valence-electron chi connectivity index (χ3n) is 4.52. The lowest BCUT2D eigenvalue weighted by Gasteiger charge is -2.27. The van der Waals surface area contributed by atoms with Gasteiger partial charge in [0.15, 0.2) is 5.82 Å². The summed E-state index contributed by atoms with van der Waals surface area (Å²) < 4.78 is 21.2. The Hall–Kier alpha value is -2.54. The maximum absolute atomic E-state index is 13.6. The second-order valence-corrected chi connectivity index (χ2v) is 6.34. The van der Waals surface area contributed by atoms with E-state index >= 15 is 0 Å². The second-order valence-electron chi connectivity index (χ2n) is 6.34. The highest BCUT2D eigenvalue weighted by molar-refractivity contribution is 5.85. The molecule has 3 aromatic rings. The highest BCUT2D eigenvalue weighted by atomic mass is 19.1. The van der Waals surface area contributed by atoms with Crippen LogP contribution in [0.4, 0.5) is 10.2 Å². The Morgan fingerprint density at radius 3 is 3.08 bits per heavy atom. The first-order chi connectivity index (χ1) is 12.2. The Balaban J connectivity index is 1.71. The van der Waals surface area contributed by atoms with Gasteiger partial charge in [-0.3, -0.25) is 4.68 Å². The molecule has 25 heavy (non-hydrogen) atoms. The fraction of sp³-hybridized carbons (Fsp3) is 0.389. The van der Waals surface area contributed by atoms with Crippen LogP contribution in [0.3, 0.4) is 0 Å². The van der Waals surface area contributed by atoms with Gasteiger partial charge in [0.2, 0.25) is 0 Å². The van der Waals surface area contributed by atoms with E-state index in [4.69, 9.17) is 4.74 Å². The Morgan fingerprint density at radius 2 is 2.28 bits per heavy atom. The lowest BCUT2D eigenvalue weighted by atomic mass is 10.1. The molecule has 130 valence electrons. The third kappa shape index (κ3) is 3.32. The number of halogens is 1. The minimum Gasteiger partial charge on any atom is -0.376 e. The largest absolute Gasteiger partial charge is 0.376 e. The van der Waals surface area contributed by atoms with Crippen LogP contribution in [0.1, 0.15) is 18.4 Å². The van der Waals surface area contributed by atoms with E-state index < -0.39 is 0 Å². The molecular formula is C18H20FN5O. The Kier molecular flexibility index (Phi) is 4.31. The molecular weight excluding hydrogens is 321 g/mol. The van der Waals surface area contributed by atoms with Gasteiger partial charge in [-0.25, -0.2) is 14.4 Å². The van der Waals surface area contributed by atoms with E-state index in [1.807, 2.05) is 13.1 Å². The first kappa shape index (κ1) is 16.0. The fourth-order valence-corrected chi connectivity index (χ4v) is 3.33. The molecule has 0 radical (unpaired) electrons. The Labute approximate surface area is 145 Å². The molecule has 0 amide bonds. The minimum absolute atomic E-state index is 0.159. The first-order valence-corrected chi connectivity index (χ1v) is 8.44. The maximum Gasteiger partial charge on any atom is 0.158 e. The van der Waals surface area contributed by atoms with Crippen molar-refractivity contribution in [2.75, 3.05) is 18.1 Å². The molecule has 0 N–H and O–H groups in total. The van der Waals surface area contributed by atoms with Crippen LogP contribution in [0.5, 0.6) is 0 Å². The smallest absolute Gasteiger partial charge is 0.158 e. The molecule has 1 atom stereocenters. The van der Waals surface area contributed by atoms with E-state index in [1.54, 1.807) is 29.3 Å².